The lowest BCUT2D eigenvalue weighted by molar-refractivity contribution is -0.132. The van der Waals surface area contributed by atoms with Crippen LogP contribution in [0.2, 0.25) is 0 Å². The maximum Gasteiger partial charge on any atom is 0.336 e. The molecule has 0 fully saturated rings. The molecule has 15 heteroatoms. The highest BCUT2D eigenvalue weighted by Gasteiger charge is 2.28. The number of hydrogen-bond acceptors (Lipinski definition) is 10. The molecule has 15 nitrogen and oxygen atoms in total. The summed E-state index contributed by atoms with van der Waals surface area (Å²) in [5, 5.41) is 8.27. The Kier molecular flexibility index (Phi) is 15.0. The first kappa shape index (κ1) is 35.9. The second kappa shape index (κ2) is 18.4. The molecule has 0 aliphatic heterocycles. The normalized spacial score (nSPS) is 13.0. The molecule has 0 saturated carbocycles. The monoisotopic (exact) mass is 615 g/mol. The van der Waals surface area contributed by atoms with Crippen LogP contribution in [0.15, 0.2) is 38.5 Å². The van der Waals surface area contributed by atoms with Crippen molar-refractivity contribution in [2.45, 2.75) is 76.4 Å². The first-order valence-corrected chi connectivity index (χ1v) is 14.7. The highest BCUT2D eigenvalue weighted by molar-refractivity contribution is 6.08. The Balaban J connectivity index is 2.21. The van der Waals surface area contributed by atoms with Gasteiger partial charge in [-0.1, -0.05) is 12.5 Å². The Labute approximate surface area is 255 Å². The highest BCUT2D eigenvalue weighted by atomic mass is 16.4. The van der Waals surface area contributed by atoms with E-state index in [9.17, 15) is 24.0 Å². The van der Waals surface area contributed by atoms with Gasteiger partial charge in [-0.25, -0.2) is 4.79 Å². The number of carbonyl (C=O) groups excluding carboxylic acids is 4. The Morgan fingerprint density at radius 3 is 2.11 bits per heavy atom. The van der Waals surface area contributed by atoms with E-state index in [2.05, 4.69) is 20.9 Å². The van der Waals surface area contributed by atoms with Crippen LogP contribution in [0.3, 0.4) is 0 Å². The average Bonchev–Trinajstić information content (AvgIpc) is 2.97. The predicted molar refractivity (Wildman–Crippen MR) is 167 cm³/mol. The summed E-state index contributed by atoms with van der Waals surface area (Å²) in [5.74, 6) is -2.81. The Hall–Kier alpha value is -4.34. The van der Waals surface area contributed by atoms with E-state index in [-0.39, 0.29) is 36.5 Å². The molecule has 1 aromatic heterocycles. The Morgan fingerprint density at radius 2 is 1.45 bits per heavy atom. The van der Waals surface area contributed by atoms with Crippen molar-refractivity contribution in [3.63, 3.8) is 0 Å². The first-order valence-electron chi connectivity index (χ1n) is 14.7. The van der Waals surface area contributed by atoms with Crippen LogP contribution in [0, 0.1) is 6.92 Å². The number of hydrogen-bond donors (Lipinski definition) is 8. The molecule has 4 amide bonds. The summed E-state index contributed by atoms with van der Waals surface area (Å²) in [6.07, 6.45) is 3.55. The molecule has 2 aromatic rings. The summed E-state index contributed by atoms with van der Waals surface area (Å²) in [7, 11) is 0. The van der Waals surface area contributed by atoms with Crippen molar-refractivity contribution in [2.75, 3.05) is 19.6 Å². The van der Waals surface area contributed by atoms with E-state index in [1.165, 1.54) is 18.2 Å². The standard InChI is InChI=1S/C29H45N9O6/c1-17-15-24(39)44-23-16-18(10-11-19(17)23)25(40)38-28(43)22(9-6-14-35-29(33)34)37-27(42)21(8-3-5-13-31)36-26(41)20(32)7-2-4-12-30/h10-11,15-16,20-22H,2-9,12-14,30-32H2,1H3,(H,36,41)(H,37,42)(H4,33,34,35)(H,38,40,43)/t20-,21-,22-/m0/s1. The van der Waals surface area contributed by atoms with Crippen molar-refractivity contribution >= 4 is 40.6 Å². The van der Waals surface area contributed by atoms with E-state index < -0.39 is 47.4 Å². The molecular formula is C29H45N9O6. The molecule has 13 N–H and O–H groups in total. The van der Waals surface area contributed by atoms with Gasteiger partial charge in [0.15, 0.2) is 5.96 Å². The van der Waals surface area contributed by atoms with Crippen molar-refractivity contribution < 1.29 is 23.6 Å². The van der Waals surface area contributed by atoms with E-state index in [0.717, 1.165) is 0 Å². The SMILES string of the molecule is Cc1cc(=O)oc2cc(C(=O)NC(=O)[C@H](CCCN=C(N)N)NC(=O)[C@H](CCCCN)NC(=O)[C@@H](N)CCCCN)ccc12. The fourth-order valence-corrected chi connectivity index (χ4v) is 4.46. The van der Waals surface area contributed by atoms with E-state index >= 15 is 0 Å². The molecule has 0 spiro atoms. The first-order chi connectivity index (χ1) is 21.0. The van der Waals surface area contributed by atoms with Crippen LogP contribution in [-0.4, -0.2) is 67.3 Å². The van der Waals surface area contributed by atoms with Gasteiger partial charge in [0.1, 0.15) is 17.7 Å². The topological polar surface area (TPSA) is 277 Å². The maximum absolute atomic E-state index is 13.4. The average molecular weight is 616 g/mol. The summed E-state index contributed by atoms with van der Waals surface area (Å²) in [6, 6.07) is 2.79. The van der Waals surface area contributed by atoms with Crippen LogP contribution in [0.25, 0.3) is 11.0 Å². The number of guanidine groups is 1. The van der Waals surface area contributed by atoms with E-state index in [1.807, 2.05) is 0 Å². The van der Waals surface area contributed by atoms with E-state index in [0.29, 0.717) is 62.6 Å². The number of aliphatic imine (C=N–C) groups is 1. The van der Waals surface area contributed by atoms with Crippen molar-refractivity contribution in [1.29, 1.82) is 0 Å². The number of nitrogens with one attached hydrogen (secondary N) is 3. The maximum atomic E-state index is 13.4. The Morgan fingerprint density at radius 1 is 0.841 bits per heavy atom. The minimum Gasteiger partial charge on any atom is -0.423 e. The van der Waals surface area contributed by atoms with Gasteiger partial charge >= 0.3 is 5.63 Å². The molecule has 242 valence electrons. The van der Waals surface area contributed by atoms with Gasteiger partial charge in [-0.05, 0) is 82.7 Å². The van der Waals surface area contributed by atoms with Crippen LogP contribution < -0.4 is 50.2 Å². The lowest BCUT2D eigenvalue weighted by Gasteiger charge is -2.24. The number of imide groups is 1. The van der Waals surface area contributed by atoms with Crippen molar-refractivity contribution in [2.24, 2.45) is 33.7 Å². The third kappa shape index (κ3) is 11.7. The summed E-state index contributed by atoms with van der Waals surface area (Å²) in [6.45, 7) is 2.79. The zero-order valence-corrected chi connectivity index (χ0v) is 25.1. The molecule has 44 heavy (non-hydrogen) atoms. The minimum atomic E-state index is -1.17. The zero-order chi connectivity index (χ0) is 32.6. The number of fused-ring (bicyclic) bond motifs is 1. The van der Waals surface area contributed by atoms with Crippen LogP contribution in [0.4, 0.5) is 0 Å². The molecule has 0 unspecified atom stereocenters. The molecule has 1 heterocycles. The fourth-order valence-electron chi connectivity index (χ4n) is 4.46. The second-order valence-electron chi connectivity index (χ2n) is 10.5. The third-order valence-corrected chi connectivity index (χ3v) is 6.91. The molecule has 0 radical (unpaired) electrons. The molecule has 2 rings (SSSR count). The van der Waals surface area contributed by atoms with Gasteiger partial charge in [0.2, 0.25) is 17.7 Å². The summed E-state index contributed by atoms with van der Waals surface area (Å²) < 4.78 is 5.20. The lowest BCUT2D eigenvalue weighted by Crippen LogP contribution is -2.56. The van der Waals surface area contributed by atoms with Crippen molar-refractivity contribution in [1.82, 2.24) is 16.0 Å². The summed E-state index contributed by atoms with van der Waals surface area (Å²) in [4.78, 5) is 68.1. The number of aryl methyl sites for hydroxylation is 1. The third-order valence-electron chi connectivity index (χ3n) is 6.91. The molecule has 0 bridgehead atoms. The number of carbonyl (C=O) groups is 4. The van der Waals surface area contributed by atoms with Crippen LogP contribution in [0.5, 0.6) is 0 Å². The minimum absolute atomic E-state index is 0.0701. The van der Waals surface area contributed by atoms with Crippen LogP contribution >= 0.6 is 0 Å². The summed E-state index contributed by atoms with van der Waals surface area (Å²) >= 11 is 0. The number of rotatable bonds is 18. The van der Waals surface area contributed by atoms with Crippen LogP contribution in [-0.2, 0) is 14.4 Å². The van der Waals surface area contributed by atoms with Gasteiger partial charge < -0.3 is 43.7 Å². The molecule has 0 saturated heterocycles. The molecule has 0 aliphatic rings. The number of nitrogens with two attached hydrogens (primary N) is 5. The fraction of sp³-hybridized carbons (Fsp3) is 0.517. The van der Waals surface area contributed by atoms with Crippen LogP contribution in [0.1, 0.15) is 67.3 Å². The highest BCUT2D eigenvalue weighted by Crippen LogP contribution is 2.18. The number of benzene rings is 1. The molecule has 1 aromatic carbocycles. The van der Waals surface area contributed by atoms with Gasteiger partial charge in [0.05, 0.1) is 6.04 Å². The molecule has 3 atom stereocenters. The largest absolute Gasteiger partial charge is 0.423 e. The lowest BCUT2D eigenvalue weighted by atomic mass is 10.0. The van der Waals surface area contributed by atoms with Gasteiger partial charge in [-0.3, -0.25) is 29.5 Å². The molecule has 0 aliphatic carbocycles. The van der Waals surface area contributed by atoms with Gasteiger partial charge in [0, 0.05) is 23.6 Å². The number of unbranched alkanes of at least 4 members (excludes halogenated alkanes) is 2. The van der Waals surface area contributed by atoms with Gasteiger partial charge in [0.25, 0.3) is 5.91 Å². The zero-order valence-electron chi connectivity index (χ0n) is 25.1. The Bertz CT molecular complexity index is 1370. The van der Waals surface area contributed by atoms with E-state index in [1.54, 1.807) is 13.0 Å². The quantitative estimate of drug-likeness (QED) is 0.0434. The van der Waals surface area contributed by atoms with Gasteiger partial charge in [-0.15, -0.1) is 0 Å². The molecular weight excluding hydrogens is 570 g/mol. The summed E-state index contributed by atoms with van der Waals surface area (Å²) in [5.41, 5.74) is 28.3. The predicted octanol–water partition coefficient (Wildman–Crippen LogP) is -1.03. The number of amides is 4. The second-order valence-corrected chi connectivity index (χ2v) is 10.5. The number of nitrogens with zero attached hydrogens (tertiary/aromatic N) is 1. The van der Waals surface area contributed by atoms with Gasteiger partial charge in [-0.2, -0.15) is 0 Å². The van der Waals surface area contributed by atoms with Crippen molar-refractivity contribution in [3.8, 4) is 0 Å². The smallest absolute Gasteiger partial charge is 0.336 e. The van der Waals surface area contributed by atoms with Crippen molar-refractivity contribution in [3.05, 3.63) is 45.8 Å². The van der Waals surface area contributed by atoms with E-state index in [4.69, 9.17) is 33.1 Å².